The number of amides is 3. The summed E-state index contributed by atoms with van der Waals surface area (Å²) in [5.74, 6) is -4.83. The topological polar surface area (TPSA) is 170 Å². The molecule has 3 amide bonds. The number of ether oxygens (including phenoxy) is 2. The summed E-state index contributed by atoms with van der Waals surface area (Å²) in [5.41, 5.74) is 0. The van der Waals surface area contributed by atoms with Gasteiger partial charge >= 0.3 is 12.1 Å². The summed E-state index contributed by atoms with van der Waals surface area (Å²) in [7, 11) is 6.89. The van der Waals surface area contributed by atoms with Crippen molar-refractivity contribution in [3.8, 4) is 0 Å². The second-order valence-corrected chi connectivity index (χ2v) is 14.4. The molecule has 16 heteroatoms. The van der Waals surface area contributed by atoms with E-state index in [0.29, 0.717) is 24.9 Å². The Morgan fingerprint density at radius 1 is 1.06 bits per heavy atom. The molecule has 2 heterocycles. The number of likely N-dealkylation sites (tertiary alicyclic amines) is 2. The van der Waals surface area contributed by atoms with Gasteiger partial charge in [0.05, 0.1) is 49.7 Å². The number of halogens is 3. The zero-order valence-electron chi connectivity index (χ0n) is 30.7. The van der Waals surface area contributed by atoms with Crippen molar-refractivity contribution < 1.29 is 61.7 Å². The van der Waals surface area contributed by atoms with E-state index >= 15 is 0 Å². The molecular weight excluding hydrogens is 665 g/mol. The molecule has 0 spiro atoms. The lowest BCUT2D eigenvalue weighted by atomic mass is 9.89. The van der Waals surface area contributed by atoms with Crippen molar-refractivity contribution in [3.05, 3.63) is 0 Å². The predicted octanol–water partition coefficient (Wildman–Crippen LogP) is 0.496. The van der Waals surface area contributed by atoms with Crippen molar-refractivity contribution in [3.63, 3.8) is 0 Å². The van der Waals surface area contributed by atoms with Crippen molar-refractivity contribution in [2.24, 2.45) is 23.7 Å². The van der Waals surface area contributed by atoms with E-state index in [-0.39, 0.29) is 48.1 Å². The predicted molar refractivity (Wildman–Crippen MR) is 173 cm³/mol. The average Bonchev–Trinajstić information content (AvgIpc) is 3.80. The van der Waals surface area contributed by atoms with Gasteiger partial charge in [0.25, 0.3) is 5.91 Å². The number of fused-ring (bicyclic) bond motifs is 2. The number of carbonyl (C=O) groups is 5. The van der Waals surface area contributed by atoms with Crippen LogP contribution in [0.15, 0.2) is 0 Å². The quantitative estimate of drug-likeness (QED) is 0.218. The maximum absolute atomic E-state index is 14.1. The molecular formula is C34H57F3N4O9. The van der Waals surface area contributed by atoms with Crippen LogP contribution >= 0.6 is 0 Å². The summed E-state index contributed by atoms with van der Waals surface area (Å²) in [6.45, 7) is 10.1. The SMILES string of the molecule is CC[C@H](C)[C@@H]([C@@H](CC(=O)N1CCC[C@H]1[C@H](OC)[C@@H](C)C(=O)O)OC)N(C)C(=O)[C@@H](NC(=O)C1C2CCC(C2)[NH+]1C)C(C)C.O=C([O-])C(F)(F)F. The number of nitrogens with one attached hydrogen (secondary N) is 2. The van der Waals surface area contributed by atoms with E-state index in [9.17, 15) is 37.5 Å². The van der Waals surface area contributed by atoms with Crippen LogP contribution in [-0.4, -0.2) is 128 Å². The van der Waals surface area contributed by atoms with Gasteiger partial charge in [-0.3, -0.25) is 19.2 Å². The van der Waals surface area contributed by atoms with Crippen LogP contribution < -0.4 is 15.3 Å². The van der Waals surface area contributed by atoms with Crippen LogP contribution in [0.3, 0.4) is 0 Å². The van der Waals surface area contributed by atoms with E-state index in [1.165, 1.54) is 12.0 Å². The molecule has 0 aromatic carbocycles. The lowest BCUT2D eigenvalue weighted by Crippen LogP contribution is -3.16. The lowest BCUT2D eigenvalue weighted by Gasteiger charge is -2.41. The second-order valence-electron chi connectivity index (χ2n) is 14.4. The number of piperidine rings is 1. The highest BCUT2D eigenvalue weighted by Crippen LogP contribution is 2.32. The molecule has 3 N–H and O–H groups in total. The molecule has 11 atom stereocenters. The number of carboxylic acid groups (broad SMARTS) is 2. The highest BCUT2D eigenvalue weighted by molar-refractivity contribution is 5.90. The normalized spacial score (nSPS) is 26.7. The molecule has 0 radical (unpaired) electrons. The van der Waals surface area contributed by atoms with Gasteiger partial charge in [0.15, 0.2) is 6.04 Å². The summed E-state index contributed by atoms with van der Waals surface area (Å²) in [6, 6.07) is -1.03. The van der Waals surface area contributed by atoms with Crippen molar-refractivity contribution in [1.29, 1.82) is 0 Å². The zero-order chi connectivity index (χ0) is 38.2. The third-order valence-electron chi connectivity index (χ3n) is 11.1. The van der Waals surface area contributed by atoms with Crippen LogP contribution in [0.5, 0.6) is 0 Å². The van der Waals surface area contributed by atoms with Gasteiger partial charge in [0.1, 0.15) is 12.0 Å². The van der Waals surface area contributed by atoms with Crippen molar-refractivity contribution in [2.75, 3.05) is 34.9 Å². The molecule has 1 aliphatic carbocycles. The highest BCUT2D eigenvalue weighted by Gasteiger charge is 2.52. The number of carboxylic acids is 2. The van der Waals surface area contributed by atoms with Gasteiger partial charge in [-0.15, -0.1) is 0 Å². The van der Waals surface area contributed by atoms with Gasteiger partial charge in [-0.25, -0.2) is 0 Å². The minimum absolute atomic E-state index is 0.0180. The van der Waals surface area contributed by atoms with Crippen LogP contribution in [0.4, 0.5) is 13.2 Å². The standard InChI is InChI=1S/C32H56N4O7.C2HF3O2/c1-10-19(4)27(24(42-8)17-25(37)36-15-11-12-23(36)29(43-9)20(5)32(40)41)35(7)31(39)26(18(2)3)33-30(38)28-21-13-14-22(16-21)34(28)6;3-2(4,5)1(6)7/h18-24,26-29H,10-17H2,1-9H3,(H,33,38)(H,40,41);(H,6,7)/t19-,20+,21?,22?,23-,24+,26-,27-,28?,29+;/m0./s1. The first-order valence-corrected chi connectivity index (χ1v) is 17.5. The summed E-state index contributed by atoms with van der Waals surface area (Å²) < 4.78 is 43.1. The molecule has 3 fully saturated rings. The van der Waals surface area contributed by atoms with Gasteiger partial charge in [-0.1, -0.05) is 34.1 Å². The lowest BCUT2D eigenvalue weighted by molar-refractivity contribution is -0.913. The molecule has 0 aromatic rings. The summed E-state index contributed by atoms with van der Waals surface area (Å²) >= 11 is 0. The molecule has 2 bridgehead atoms. The van der Waals surface area contributed by atoms with Crippen LogP contribution in [0.2, 0.25) is 0 Å². The smallest absolute Gasteiger partial charge is 0.430 e. The molecule has 2 saturated heterocycles. The van der Waals surface area contributed by atoms with Gasteiger partial charge in [0.2, 0.25) is 11.8 Å². The van der Waals surface area contributed by atoms with Crippen LogP contribution in [0.1, 0.15) is 79.6 Å². The van der Waals surface area contributed by atoms with Crippen molar-refractivity contribution in [1.82, 2.24) is 15.1 Å². The summed E-state index contributed by atoms with van der Waals surface area (Å²) in [6.07, 6.45) is -0.846. The third kappa shape index (κ3) is 10.3. The monoisotopic (exact) mass is 722 g/mol. The van der Waals surface area contributed by atoms with E-state index in [1.54, 1.807) is 30.9 Å². The Labute approximate surface area is 293 Å². The van der Waals surface area contributed by atoms with Gasteiger partial charge in [-0.2, -0.15) is 13.2 Å². The van der Waals surface area contributed by atoms with Crippen molar-refractivity contribution >= 4 is 29.7 Å². The first-order chi connectivity index (χ1) is 23.2. The molecule has 0 aromatic heterocycles. The molecule has 3 rings (SSSR count). The fraction of sp³-hybridized carbons (Fsp3) is 0.853. The first-order valence-electron chi connectivity index (χ1n) is 17.5. The number of nitrogens with zero attached hydrogens (tertiary/aromatic N) is 2. The van der Waals surface area contributed by atoms with E-state index in [2.05, 4.69) is 19.3 Å². The second kappa shape index (κ2) is 18.5. The van der Waals surface area contributed by atoms with Crippen LogP contribution in [-0.2, 0) is 33.4 Å². The largest absolute Gasteiger partial charge is 0.542 e. The van der Waals surface area contributed by atoms with Crippen LogP contribution in [0.25, 0.3) is 0 Å². The molecule has 1 saturated carbocycles. The number of alkyl halides is 3. The third-order valence-corrected chi connectivity index (χ3v) is 11.1. The van der Waals surface area contributed by atoms with E-state index in [0.717, 1.165) is 32.1 Å². The number of carbonyl (C=O) groups excluding carboxylic acids is 4. The van der Waals surface area contributed by atoms with E-state index < -0.39 is 48.3 Å². The Hall–Kier alpha value is -2.98. The number of hydrogen-bond donors (Lipinski definition) is 3. The Morgan fingerprint density at radius 3 is 2.10 bits per heavy atom. The Kier molecular flexibility index (Phi) is 16.0. The first kappa shape index (κ1) is 43.2. The molecule has 3 aliphatic rings. The maximum atomic E-state index is 14.1. The summed E-state index contributed by atoms with van der Waals surface area (Å²) in [4.78, 5) is 66.5. The fourth-order valence-corrected chi connectivity index (χ4v) is 8.05. The number of rotatable bonds is 15. The highest BCUT2D eigenvalue weighted by atomic mass is 19.4. The average molecular weight is 723 g/mol. The Bertz CT molecular complexity index is 1190. The molecule has 50 heavy (non-hydrogen) atoms. The Morgan fingerprint density at radius 2 is 1.66 bits per heavy atom. The van der Waals surface area contributed by atoms with Crippen molar-refractivity contribution in [2.45, 2.75) is 128 Å². The Balaban J connectivity index is 0.00000112. The van der Waals surface area contributed by atoms with Gasteiger partial charge in [0, 0.05) is 40.2 Å². The molecule has 288 valence electrons. The van der Waals surface area contributed by atoms with E-state index in [4.69, 9.17) is 19.4 Å². The fourth-order valence-electron chi connectivity index (χ4n) is 8.05. The van der Waals surface area contributed by atoms with Crippen LogP contribution in [0, 0.1) is 23.7 Å². The minimum atomic E-state index is -5.19. The van der Waals surface area contributed by atoms with Gasteiger partial charge < -0.3 is 44.5 Å². The van der Waals surface area contributed by atoms with E-state index in [1.807, 2.05) is 20.8 Å². The number of aliphatic carboxylic acids is 2. The summed E-state index contributed by atoms with van der Waals surface area (Å²) in [5, 5.41) is 21.5. The number of likely N-dealkylation sites (N-methyl/N-ethyl adjacent to an activating group) is 2. The number of hydrogen-bond acceptors (Lipinski definition) is 8. The zero-order valence-corrected chi connectivity index (χ0v) is 30.7. The number of quaternary nitrogens is 1. The molecule has 2 aliphatic heterocycles. The minimum Gasteiger partial charge on any atom is -0.542 e. The number of methoxy groups -OCH3 is 2. The molecule has 4 unspecified atom stereocenters. The maximum Gasteiger partial charge on any atom is 0.430 e. The molecule has 13 nitrogen and oxygen atoms in total. The van der Waals surface area contributed by atoms with Gasteiger partial charge in [-0.05, 0) is 44.4 Å².